The topological polar surface area (TPSA) is 82.5 Å². The normalized spacial score (nSPS) is 13.1. The van der Waals surface area contributed by atoms with Crippen LogP contribution in [0.25, 0.3) is 11.3 Å². The molecule has 0 radical (unpaired) electrons. The molecule has 4 rings (SSSR count). The Kier molecular flexibility index (Phi) is 4.14. The maximum absolute atomic E-state index is 12.8. The van der Waals surface area contributed by atoms with Gasteiger partial charge in [-0.25, -0.2) is 13.1 Å². The van der Waals surface area contributed by atoms with Crippen molar-refractivity contribution in [1.82, 2.24) is 14.5 Å². The average molecular weight is 371 g/mol. The molecule has 1 aliphatic rings. The number of sulfonamides is 1. The molecule has 0 aliphatic carbocycles. The summed E-state index contributed by atoms with van der Waals surface area (Å²) in [6.45, 7) is 0.322. The van der Waals surface area contributed by atoms with Gasteiger partial charge in [0.25, 0.3) is 0 Å². The second kappa shape index (κ2) is 6.47. The summed E-state index contributed by atoms with van der Waals surface area (Å²) in [7, 11) is -2.04. The van der Waals surface area contributed by atoms with Crippen LogP contribution in [0.1, 0.15) is 5.56 Å². The second-order valence-corrected chi connectivity index (χ2v) is 7.63. The van der Waals surface area contributed by atoms with Gasteiger partial charge in [-0.1, -0.05) is 36.4 Å². The van der Waals surface area contributed by atoms with Crippen LogP contribution < -0.4 is 14.2 Å². The first-order valence-corrected chi connectivity index (χ1v) is 9.48. The van der Waals surface area contributed by atoms with Gasteiger partial charge < -0.3 is 9.47 Å². The van der Waals surface area contributed by atoms with Crippen LogP contribution in [0.15, 0.2) is 59.6 Å². The molecule has 134 valence electrons. The molecule has 0 atom stereocenters. The zero-order valence-electron chi connectivity index (χ0n) is 14.0. The summed E-state index contributed by atoms with van der Waals surface area (Å²) < 4.78 is 40.4. The first kappa shape index (κ1) is 16.6. The largest absolute Gasteiger partial charge is 0.454 e. The van der Waals surface area contributed by atoms with Crippen molar-refractivity contribution in [3.05, 3.63) is 60.3 Å². The number of rotatable bonds is 5. The molecule has 1 N–H and O–H groups in total. The highest BCUT2D eigenvalue weighted by molar-refractivity contribution is 7.89. The molecule has 3 aromatic rings. The van der Waals surface area contributed by atoms with Gasteiger partial charge in [-0.05, 0) is 17.7 Å². The van der Waals surface area contributed by atoms with Crippen molar-refractivity contribution in [2.45, 2.75) is 11.4 Å². The highest BCUT2D eigenvalue weighted by Gasteiger charge is 2.23. The monoisotopic (exact) mass is 371 g/mol. The Bertz CT molecular complexity index is 1050. The van der Waals surface area contributed by atoms with E-state index in [0.29, 0.717) is 17.2 Å². The van der Waals surface area contributed by atoms with E-state index in [2.05, 4.69) is 9.82 Å². The molecule has 1 aromatic heterocycles. The quantitative estimate of drug-likeness (QED) is 0.744. The first-order valence-electron chi connectivity index (χ1n) is 8.00. The lowest BCUT2D eigenvalue weighted by molar-refractivity contribution is 0.174. The third-order valence-corrected chi connectivity index (χ3v) is 5.44. The van der Waals surface area contributed by atoms with E-state index in [9.17, 15) is 8.42 Å². The van der Waals surface area contributed by atoms with Crippen LogP contribution in [0, 0.1) is 0 Å². The number of hydrogen-bond donors (Lipinski definition) is 1. The number of fused-ring (bicyclic) bond motifs is 1. The Morgan fingerprint density at radius 2 is 1.88 bits per heavy atom. The molecule has 0 fully saturated rings. The van der Waals surface area contributed by atoms with E-state index in [1.165, 1.54) is 10.9 Å². The van der Waals surface area contributed by atoms with Crippen LogP contribution in [-0.2, 0) is 23.6 Å². The number of aryl methyl sites for hydroxylation is 1. The maximum Gasteiger partial charge on any atom is 0.244 e. The lowest BCUT2D eigenvalue weighted by Crippen LogP contribution is -2.23. The van der Waals surface area contributed by atoms with Gasteiger partial charge in [-0.15, -0.1) is 0 Å². The van der Waals surface area contributed by atoms with Gasteiger partial charge in [0.05, 0.1) is 0 Å². The molecule has 0 amide bonds. The highest BCUT2D eigenvalue weighted by Crippen LogP contribution is 2.32. The van der Waals surface area contributed by atoms with Gasteiger partial charge in [0.15, 0.2) is 11.5 Å². The van der Waals surface area contributed by atoms with Crippen molar-refractivity contribution in [2.75, 3.05) is 6.79 Å². The summed E-state index contributed by atoms with van der Waals surface area (Å²) in [6, 6.07) is 14.6. The molecule has 8 heteroatoms. The third kappa shape index (κ3) is 3.16. The molecule has 0 saturated heterocycles. The van der Waals surface area contributed by atoms with Crippen molar-refractivity contribution in [3.8, 4) is 22.8 Å². The zero-order chi connectivity index (χ0) is 18.1. The van der Waals surface area contributed by atoms with Crippen molar-refractivity contribution in [2.24, 2.45) is 7.05 Å². The van der Waals surface area contributed by atoms with Gasteiger partial charge in [0.2, 0.25) is 16.8 Å². The van der Waals surface area contributed by atoms with Gasteiger partial charge >= 0.3 is 0 Å². The summed E-state index contributed by atoms with van der Waals surface area (Å²) in [5.74, 6) is 1.28. The lowest BCUT2D eigenvalue weighted by Gasteiger charge is -2.08. The molecule has 7 nitrogen and oxygen atoms in total. The third-order valence-electron chi connectivity index (χ3n) is 4.04. The predicted octanol–water partition coefficient (Wildman–Crippen LogP) is 2.29. The van der Waals surface area contributed by atoms with Crippen LogP contribution in [0.5, 0.6) is 11.5 Å². The molecule has 1 aliphatic heterocycles. The summed E-state index contributed by atoms with van der Waals surface area (Å²) in [4.78, 5) is 0.145. The van der Waals surface area contributed by atoms with E-state index in [-0.39, 0.29) is 18.2 Å². The number of benzene rings is 2. The first-order chi connectivity index (χ1) is 12.5. The number of aromatic nitrogens is 2. The molecule has 2 aromatic carbocycles. The Morgan fingerprint density at radius 3 is 2.69 bits per heavy atom. The van der Waals surface area contributed by atoms with Gasteiger partial charge in [0, 0.05) is 25.4 Å². The summed E-state index contributed by atoms with van der Waals surface area (Å²) in [5.41, 5.74) is 1.95. The van der Waals surface area contributed by atoms with Crippen LogP contribution in [-0.4, -0.2) is 25.0 Å². The number of nitrogens with one attached hydrogen (secondary N) is 1. The average Bonchev–Trinajstić information content (AvgIpc) is 3.27. The Labute approximate surface area is 151 Å². The van der Waals surface area contributed by atoms with E-state index in [1.807, 2.05) is 30.3 Å². The van der Waals surface area contributed by atoms with E-state index >= 15 is 0 Å². The second-order valence-electron chi connectivity index (χ2n) is 5.89. The molecular formula is C18H17N3O4S. The van der Waals surface area contributed by atoms with Crippen molar-refractivity contribution in [3.63, 3.8) is 0 Å². The van der Waals surface area contributed by atoms with E-state index in [4.69, 9.17) is 9.47 Å². The summed E-state index contributed by atoms with van der Waals surface area (Å²) in [6.07, 6.45) is 1.50. The van der Waals surface area contributed by atoms with Gasteiger partial charge in [0.1, 0.15) is 10.6 Å². The van der Waals surface area contributed by atoms with Crippen LogP contribution >= 0.6 is 0 Å². The maximum atomic E-state index is 12.8. The van der Waals surface area contributed by atoms with Crippen LogP contribution in [0.2, 0.25) is 0 Å². The minimum Gasteiger partial charge on any atom is -0.454 e. The minimum absolute atomic E-state index is 0.141. The molecule has 26 heavy (non-hydrogen) atoms. The molecule has 2 heterocycles. The summed E-state index contributed by atoms with van der Waals surface area (Å²) >= 11 is 0. The minimum atomic E-state index is -3.74. The number of hydrogen-bond acceptors (Lipinski definition) is 5. The van der Waals surface area contributed by atoms with Crippen molar-refractivity contribution >= 4 is 10.0 Å². The fourth-order valence-electron chi connectivity index (χ4n) is 2.77. The molecular weight excluding hydrogens is 354 g/mol. The highest BCUT2D eigenvalue weighted by atomic mass is 32.2. The van der Waals surface area contributed by atoms with Crippen molar-refractivity contribution < 1.29 is 17.9 Å². The van der Waals surface area contributed by atoms with E-state index in [1.54, 1.807) is 25.2 Å². The Balaban J connectivity index is 1.59. The fraction of sp³-hybridized carbons (Fsp3) is 0.167. The number of nitrogens with zero attached hydrogens (tertiary/aromatic N) is 2. The van der Waals surface area contributed by atoms with Gasteiger partial charge in [-0.3, -0.25) is 4.68 Å². The van der Waals surface area contributed by atoms with E-state index in [0.717, 1.165) is 11.1 Å². The lowest BCUT2D eigenvalue weighted by atomic mass is 10.2. The fourth-order valence-corrected chi connectivity index (χ4v) is 3.98. The molecule has 0 spiro atoms. The molecule has 0 bridgehead atoms. The Hall–Kier alpha value is -2.84. The SMILES string of the molecule is Cn1cc(S(=O)(=O)NCc2ccc3c(c2)OCO3)c(-c2ccccc2)n1. The Morgan fingerprint density at radius 1 is 1.12 bits per heavy atom. The van der Waals surface area contributed by atoms with Crippen LogP contribution in [0.3, 0.4) is 0 Å². The van der Waals surface area contributed by atoms with Crippen LogP contribution in [0.4, 0.5) is 0 Å². The summed E-state index contributed by atoms with van der Waals surface area (Å²) in [5, 5.41) is 4.31. The zero-order valence-corrected chi connectivity index (χ0v) is 14.9. The van der Waals surface area contributed by atoms with E-state index < -0.39 is 10.0 Å². The van der Waals surface area contributed by atoms with Gasteiger partial charge in [-0.2, -0.15) is 5.10 Å². The number of ether oxygens (including phenoxy) is 2. The molecule has 0 saturated carbocycles. The van der Waals surface area contributed by atoms with Crippen molar-refractivity contribution in [1.29, 1.82) is 0 Å². The predicted molar refractivity (Wildman–Crippen MR) is 95.2 cm³/mol. The smallest absolute Gasteiger partial charge is 0.244 e. The molecule has 0 unspecified atom stereocenters. The standard InChI is InChI=1S/C18H17N3O4S/c1-21-11-17(18(20-21)14-5-3-2-4-6-14)26(22,23)19-10-13-7-8-15-16(9-13)25-12-24-15/h2-9,11,19H,10,12H2,1H3.